The van der Waals surface area contributed by atoms with E-state index in [1.165, 1.54) is 76.8 Å². The van der Waals surface area contributed by atoms with Crippen LogP contribution in [0, 0.1) is 19.9 Å². The Labute approximate surface area is 336 Å². The topological polar surface area (TPSA) is 0 Å². The van der Waals surface area contributed by atoms with Crippen LogP contribution in [-0.4, -0.2) is 8.07 Å². The van der Waals surface area contributed by atoms with Crippen molar-refractivity contribution < 1.29 is 58.9 Å². The Bertz CT molecular complexity index is 1880. The van der Waals surface area contributed by atoms with Crippen LogP contribution < -0.4 is 52.8 Å². The molecule has 2 unspecified atom stereocenters. The summed E-state index contributed by atoms with van der Waals surface area (Å²) in [7, 11) is -2.94. The van der Waals surface area contributed by atoms with Crippen LogP contribution in [0.4, 0.5) is 0 Å². The number of benzene rings is 5. The molecule has 256 valence electrons. The van der Waals surface area contributed by atoms with Gasteiger partial charge in [-0.25, -0.2) is 5.57 Å². The van der Waals surface area contributed by atoms with E-state index in [1.54, 1.807) is 0 Å². The maximum atomic E-state index is 4.20. The van der Waals surface area contributed by atoms with Gasteiger partial charge >= 0.3 is 21.7 Å². The minimum Gasteiger partial charge on any atom is -1.00 e. The number of hydrogen-bond acceptors (Lipinski definition) is 0. The number of aryl methyl sites for hydroxylation is 4. The molecule has 1 aliphatic rings. The molecule has 1 aliphatic carbocycles. The molecule has 0 saturated heterocycles. The molecule has 5 aromatic carbocycles. The SMILES string of the molecule is CCc1cc(CC)cc([Si](c2cc(C)cc(C)c2)(c2cc(-c3ccccc3)cc(-c3ccccc3)c2)C2(C)[C-]=C(C)C(C)=C2C)c1.[Cl-].[Cl-].[Cl-].[Ti+4]. The van der Waals surface area contributed by atoms with E-state index in [2.05, 4.69) is 177 Å². The molecule has 0 aromatic heterocycles. The average Bonchev–Trinajstić information content (AvgIpc) is 3.27. The molecule has 0 heterocycles. The van der Waals surface area contributed by atoms with Crippen molar-refractivity contribution in [1.82, 2.24) is 0 Å². The van der Waals surface area contributed by atoms with Crippen molar-refractivity contribution in [3.63, 3.8) is 0 Å². The van der Waals surface area contributed by atoms with Gasteiger partial charge in [0.15, 0.2) is 0 Å². The van der Waals surface area contributed by atoms with Crippen LogP contribution >= 0.6 is 0 Å². The third-order valence-electron chi connectivity index (χ3n) is 10.6. The summed E-state index contributed by atoms with van der Waals surface area (Å²) in [6.45, 7) is 18.6. The molecular formula is C45H47Cl3SiTi. The van der Waals surface area contributed by atoms with Gasteiger partial charge in [-0.15, -0.1) is 6.92 Å². The monoisotopic (exact) mass is 768 g/mol. The largest absolute Gasteiger partial charge is 4.00 e. The maximum absolute atomic E-state index is 4.20. The molecule has 5 aromatic rings. The van der Waals surface area contributed by atoms with Gasteiger partial charge in [-0.1, -0.05) is 160 Å². The number of rotatable bonds is 8. The van der Waals surface area contributed by atoms with Crippen LogP contribution in [0.25, 0.3) is 22.3 Å². The first-order chi connectivity index (χ1) is 22.1. The van der Waals surface area contributed by atoms with E-state index in [0.29, 0.717) is 0 Å². The molecule has 50 heavy (non-hydrogen) atoms. The second kappa shape index (κ2) is 17.7. The van der Waals surface area contributed by atoms with Gasteiger partial charge in [-0.05, 0) is 81.7 Å². The van der Waals surface area contributed by atoms with Crippen LogP contribution in [0.2, 0.25) is 5.04 Å². The number of halogens is 3. The van der Waals surface area contributed by atoms with Crippen LogP contribution in [0.1, 0.15) is 63.8 Å². The summed E-state index contributed by atoms with van der Waals surface area (Å²) in [5.74, 6) is 0. The Morgan fingerprint density at radius 3 is 1.34 bits per heavy atom. The third-order valence-corrected chi connectivity index (χ3v) is 16.1. The van der Waals surface area contributed by atoms with Gasteiger partial charge in [0.05, 0.1) is 0 Å². The van der Waals surface area contributed by atoms with E-state index in [-0.39, 0.29) is 64.0 Å². The predicted octanol–water partition coefficient (Wildman–Crippen LogP) is 1.10. The molecular weight excluding hydrogens is 723 g/mol. The van der Waals surface area contributed by atoms with Crippen LogP contribution in [-0.2, 0) is 34.6 Å². The summed E-state index contributed by atoms with van der Waals surface area (Å²) >= 11 is 0. The Morgan fingerprint density at radius 1 is 0.520 bits per heavy atom. The minimum atomic E-state index is -2.94. The molecule has 0 amide bonds. The molecule has 6 rings (SSSR count). The molecule has 0 radical (unpaired) electrons. The van der Waals surface area contributed by atoms with Gasteiger partial charge in [0, 0.05) is 0 Å². The fraction of sp³-hybridized carbons (Fsp3) is 0.244. The maximum Gasteiger partial charge on any atom is 4.00 e. The summed E-state index contributed by atoms with van der Waals surface area (Å²) in [5.41, 5.74) is 14.6. The van der Waals surface area contributed by atoms with E-state index in [9.17, 15) is 0 Å². The third kappa shape index (κ3) is 7.75. The van der Waals surface area contributed by atoms with Crippen molar-refractivity contribution in [2.24, 2.45) is 0 Å². The minimum absolute atomic E-state index is 0. The molecule has 0 N–H and O–H groups in total. The van der Waals surface area contributed by atoms with Gasteiger partial charge in [0.2, 0.25) is 0 Å². The van der Waals surface area contributed by atoms with E-state index >= 15 is 0 Å². The van der Waals surface area contributed by atoms with E-state index in [4.69, 9.17) is 0 Å². The predicted molar refractivity (Wildman–Crippen MR) is 202 cm³/mol. The van der Waals surface area contributed by atoms with Crippen LogP contribution in [0.5, 0.6) is 0 Å². The average molecular weight is 770 g/mol. The van der Waals surface area contributed by atoms with Crippen molar-refractivity contribution in [3.05, 3.63) is 160 Å². The van der Waals surface area contributed by atoms with Crippen molar-refractivity contribution in [2.75, 3.05) is 0 Å². The van der Waals surface area contributed by atoms with Gasteiger partial charge < -0.3 is 37.2 Å². The van der Waals surface area contributed by atoms with E-state index in [0.717, 1.165) is 12.8 Å². The molecule has 0 fully saturated rings. The summed E-state index contributed by atoms with van der Waals surface area (Å²) in [5, 5.41) is 4.07. The molecule has 0 bridgehead atoms. The van der Waals surface area contributed by atoms with Crippen LogP contribution in [0.15, 0.2) is 132 Å². The first-order valence-corrected chi connectivity index (χ1v) is 18.9. The van der Waals surface area contributed by atoms with Gasteiger partial charge in [-0.2, -0.15) is 11.1 Å². The first kappa shape index (κ1) is 43.5. The summed E-state index contributed by atoms with van der Waals surface area (Å²) in [4.78, 5) is 0. The Hall–Kier alpha value is -2.62. The molecule has 2 atom stereocenters. The molecule has 0 nitrogen and oxygen atoms in total. The zero-order valence-corrected chi connectivity index (χ0v) is 35.3. The van der Waals surface area contributed by atoms with Crippen molar-refractivity contribution >= 4 is 23.6 Å². The van der Waals surface area contributed by atoms with Crippen LogP contribution in [0.3, 0.4) is 0 Å². The van der Waals surface area contributed by atoms with E-state index < -0.39 is 8.07 Å². The standard InChI is InChI=1S/C45H47Si.3ClH.Ti/c1-9-36-24-37(10-2)26-43(25-36)46(42-22-31(3)21-32(4)23-42,45(8)30-33(5)34(6)35(45)7)44-28-40(38-17-13-11-14-18-38)27-41(29-44)39-19-15-12-16-20-39;;;;/h11-29H,9-10H2,1-8H3;3*1H;/q-1;;;;+4/p-3. The summed E-state index contributed by atoms with van der Waals surface area (Å²) in [6.07, 6.45) is 6.23. The molecule has 5 heteroatoms. The first-order valence-electron chi connectivity index (χ1n) is 16.9. The van der Waals surface area contributed by atoms with Gasteiger partial charge in [0.25, 0.3) is 0 Å². The van der Waals surface area contributed by atoms with Crippen molar-refractivity contribution in [1.29, 1.82) is 0 Å². The van der Waals surface area contributed by atoms with Gasteiger partial charge in [-0.3, -0.25) is 6.08 Å². The quantitative estimate of drug-likeness (QED) is 0.126. The molecule has 0 saturated carbocycles. The molecule has 0 aliphatic heterocycles. The Balaban J connectivity index is 0.00000217. The van der Waals surface area contributed by atoms with Gasteiger partial charge in [0.1, 0.15) is 8.07 Å². The normalized spacial score (nSPS) is 16.2. The van der Waals surface area contributed by atoms with Crippen molar-refractivity contribution in [3.8, 4) is 22.3 Å². The summed E-state index contributed by atoms with van der Waals surface area (Å²) in [6, 6.07) is 44.2. The summed E-state index contributed by atoms with van der Waals surface area (Å²) < 4.78 is 0. The number of allylic oxidation sites excluding steroid dienone is 4. The fourth-order valence-electron chi connectivity index (χ4n) is 7.98. The fourth-order valence-corrected chi connectivity index (χ4v) is 14.3. The van der Waals surface area contributed by atoms with E-state index in [1.807, 2.05) is 0 Å². The Morgan fingerprint density at radius 2 is 0.940 bits per heavy atom. The smallest absolute Gasteiger partial charge is 1.00 e. The zero-order chi connectivity index (χ0) is 32.6. The Kier molecular flexibility index (Phi) is 15.4. The second-order valence-electron chi connectivity index (χ2n) is 13.5. The zero-order valence-electron chi connectivity index (χ0n) is 30.5. The number of hydrogen-bond donors (Lipinski definition) is 0. The van der Waals surface area contributed by atoms with Crippen molar-refractivity contribution in [2.45, 2.75) is 73.3 Å². The second-order valence-corrected chi connectivity index (χ2v) is 17.8. The molecule has 0 spiro atoms.